The molecule has 4 N–H and O–H groups in total. The van der Waals surface area contributed by atoms with Gasteiger partial charge in [0.25, 0.3) is 17.7 Å². The molecule has 1 aromatic heterocycles. The van der Waals surface area contributed by atoms with Crippen molar-refractivity contribution in [2.24, 2.45) is 5.73 Å². The van der Waals surface area contributed by atoms with E-state index in [1.165, 1.54) is 11.3 Å². The van der Waals surface area contributed by atoms with Gasteiger partial charge in [-0.25, -0.2) is 0 Å². The van der Waals surface area contributed by atoms with Gasteiger partial charge >= 0.3 is 0 Å². The van der Waals surface area contributed by atoms with E-state index in [0.29, 0.717) is 36.4 Å². The highest BCUT2D eigenvalue weighted by atomic mass is 32.1. The predicted molar refractivity (Wildman–Crippen MR) is 160 cm³/mol. The second kappa shape index (κ2) is 12.7. The lowest BCUT2D eigenvalue weighted by Crippen LogP contribution is -2.40. The summed E-state index contributed by atoms with van der Waals surface area (Å²) in [5.41, 5.74) is 9.51. The summed E-state index contributed by atoms with van der Waals surface area (Å²) in [6.07, 6.45) is 4.35. The summed E-state index contributed by atoms with van der Waals surface area (Å²) in [6.45, 7) is 4.55. The van der Waals surface area contributed by atoms with E-state index in [0.717, 1.165) is 54.8 Å². The third kappa shape index (κ3) is 6.71. The number of rotatable bonds is 6. The first kappa shape index (κ1) is 27.9. The van der Waals surface area contributed by atoms with Crippen molar-refractivity contribution in [3.8, 4) is 0 Å². The second-order valence-corrected chi connectivity index (χ2v) is 11.7. The van der Waals surface area contributed by atoms with Crippen LogP contribution in [0.1, 0.15) is 68.1 Å². The van der Waals surface area contributed by atoms with Crippen LogP contribution in [0.3, 0.4) is 0 Å². The fourth-order valence-electron chi connectivity index (χ4n) is 5.48. The van der Waals surface area contributed by atoms with Crippen molar-refractivity contribution in [3.05, 3.63) is 81.5 Å². The van der Waals surface area contributed by atoms with Crippen molar-refractivity contribution < 1.29 is 14.4 Å². The average Bonchev–Trinajstić information content (AvgIpc) is 3.39. The Kier molecular flexibility index (Phi) is 8.81. The zero-order valence-corrected chi connectivity index (χ0v) is 23.7. The number of thiophene rings is 1. The van der Waals surface area contributed by atoms with Gasteiger partial charge in [-0.1, -0.05) is 23.8 Å². The van der Waals surface area contributed by atoms with Gasteiger partial charge in [-0.3, -0.25) is 14.4 Å². The zero-order chi connectivity index (χ0) is 28.1. The highest BCUT2D eigenvalue weighted by Gasteiger charge is 2.25. The number of aryl methyl sites for hydroxylation is 1. The molecular formula is C31H37N5O3S. The first-order chi connectivity index (χ1) is 19.4. The SMILES string of the molecule is Cc1cccc(C(=O)Nc2cc(C(=O)NC3CCC(N)CC3)ccc2N2CCCN(C(=O)c3cccs3)CC2)c1. The average molecular weight is 560 g/mol. The maximum atomic E-state index is 13.3. The number of carbonyl (C=O) groups is 3. The maximum Gasteiger partial charge on any atom is 0.263 e. The Morgan fingerprint density at radius 3 is 2.42 bits per heavy atom. The van der Waals surface area contributed by atoms with Gasteiger partial charge in [0, 0.05) is 49.4 Å². The molecule has 1 aliphatic carbocycles. The first-order valence-corrected chi connectivity index (χ1v) is 14.9. The van der Waals surface area contributed by atoms with Crippen LogP contribution in [0.4, 0.5) is 11.4 Å². The molecule has 210 valence electrons. The Labute approximate surface area is 239 Å². The molecule has 1 saturated heterocycles. The van der Waals surface area contributed by atoms with Crippen LogP contribution in [0.5, 0.6) is 0 Å². The highest BCUT2D eigenvalue weighted by molar-refractivity contribution is 7.12. The van der Waals surface area contributed by atoms with Crippen molar-refractivity contribution in [2.45, 2.75) is 51.1 Å². The minimum atomic E-state index is -0.229. The standard InChI is InChI=1S/C31H37N5O3S/c1-21-5-2-6-22(19-21)30(38)34-26-20-23(29(37)33-25-11-9-24(32)10-12-25)8-13-27(26)35-14-4-15-36(17-16-35)31(39)28-7-3-18-40-28/h2-3,5-8,13,18-20,24-25H,4,9-12,14-17,32H2,1H3,(H,33,37)(H,34,38). The van der Waals surface area contributed by atoms with Crippen LogP contribution in [0, 0.1) is 6.92 Å². The van der Waals surface area contributed by atoms with Gasteiger partial charge in [0.2, 0.25) is 0 Å². The molecule has 3 amide bonds. The summed E-state index contributed by atoms with van der Waals surface area (Å²) >= 11 is 1.46. The molecule has 1 saturated carbocycles. The second-order valence-electron chi connectivity index (χ2n) is 10.8. The van der Waals surface area contributed by atoms with Gasteiger partial charge in [0.15, 0.2) is 0 Å². The quantitative estimate of drug-likeness (QED) is 0.407. The number of nitrogens with one attached hydrogen (secondary N) is 2. The van der Waals surface area contributed by atoms with Gasteiger partial charge < -0.3 is 26.2 Å². The summed E-state index contributed by atoms with van der Waals surface area (Å²) < 4.78 is 0. The molecule has 1 aliphatic heterocycles. The van der Waals surface area contributed by atoms with E-state index in [2.05, 4.69) is 15.5 Å². The number of hydrogen-bond donors (Lipinski definition) is 3. The van der Waals surface area contributed by atoms with Crippen molar-refractivity contribution in [1.82, 2.24) is 10.2 Å². The van der Waals surface area contributed by atoms with Crippen LogP contribution in [0.2, 0.25) is 0 Å². The smallest absolute Gasteiger partial charge is 0.263 e. The van der Waals surface area contributed by atoms with Gasteiger partial charge in [0.05, 0.1) is 16.3 Å². The summed E-state index contributed by atoms with van der Waals surface area (Å²) in [4.78, 5) is 44.3. The Hall–Kier alpha value is -3.69. The molecule has 0 unspecified atom stereocenters. The zero-order valence-electron chi connectivity index (χ0n) is 22.9. The third-order valence-electron chi connectivity index (χ3n) is 7.75. The van der Waals surface area contributed by atoms with E-state index in [9.17, 15) is 14.4 Å². The van der Waals surface area contributed by atoms with Crippen LogP contribution in [-0.4, -0.2) is 60.9 Å². The van der Waals surface area contributed by atoms with Gasteiger partial charge in [-0.05, 0) is 80.8 Å². The molecule has 2 fully saturated rings. The molecule has 0 spiro atoms. The molecule has 8 nitrogen and oxygen atoms in total. The number of nitrogens with two attached hydrogens (primary N) is 1. The Morgan fingerprint density at radius 2 is 1.68 bits per heavy atom. The van der Waals surface area contributed by atoms with E-state index < -0.39 is 0 Å². The number of nitrogens with zero attached hydrogens (tertiary/aromatic N) is 2. The van der Waals surface area contributed by atoms with E-state index in [1.807, 2.05) is 59.7 Å². The fraction of sp³-hybridized carbons (Fsp3) is 0.387. The monoisotopic (exact) mass is 559 g/mol. The lowest BCUT2D eigenvalue weighted by molar-refractivity contribution is 0.0771. The molecule has 0 radical (unpaired) electrons. The summed E-state index contributed by atoms with van der Waals surface area (Å²) in [7, 11) is 0. The molecule has 2 heterocycles. The van der Waals surface area contributed by atoms with E-state index >= 15 is 0 Å². The van der Waals surface area contributed by atoms with E-state index in [1.54, 1.807) is 12.1 Å². The topological polar surface area (TPSA) is 108 Å². The molecule has 0 bridgehead atoms. The highest BCUT2D eigenvalue weighted by Crippen LogP contribution is 2.30. The van der Waals surface area contributed by atoms with Gasteiger partial charge in [0.1, 0.15) is 0 Å². The first-order valence-electron chi connectivity index (χ1n) is 14.0. The lowest BCUT2D eigenvalue weighted by atomic mass is 9.91. The number of hydrogen-bond acceptors (Lipinski definition) is 6. The van der Waals surface area contributed by atoms with Gasteiger partial charge in [-0.15, -0.1) is 11.3 Å². The molecule has 0 atom stereocenters. The fourth-order valence-corrected chi connectivity index (χ4v) is 6.17. The van der Waals surface area contributed by atoms with Crippen LogP contribution < -0.4 is 21.3 Å². The summed E-state index contributed by atoms with van der Waals surface area (Å²) in [5, 5.41) is 8.15. The molecule has 9 heteroatoms. The Balaban J connectivity index is 1.37. The van der Waals surface area contributed by atoms with E-state index in [-0.39, 0.29) is 29.8 Å². The Bertz CT molecular complexity index is 1350. The lowest BCUT2D eigenvalue weighted by Gasteiger charge is -2.28. The molecule has 2 aromatic carbocycles. The van der Waals surface area contributed by atoms with Crippen molar-refractivity contribution in [3.63, 3.8) is 0 Å². The van der Waals surface area contributed by atoms with Crippen molar-refractivity contribution in [1.29, 1.82) is 0 Å². The number of carbonyl (C=O) groups excluding carboxylic acids is 3. The minimum absolute atomic E-state index is 0.0560. The molecule has 2 aliphatic rings. The maximum absolute atomic E-state index is 13.3. The van der Waals surface area contributed by atoms with E-state index in [4.69, 9.17) is 5.73 Å². The third-order valence-corrected chi connectivity index (χ3v) is 8.61. The summed E-state index contributed by atoms with van der Waals surface area (Å²) in [5.74, 6) is -0.324. The number of benzene rings is 2. The molecular weight excluding hydrogens is 522 g/mol. The van der Waals surface area contributed by atoms with Gasteiger partial charge in [-0.2, -0.15) is 0 Å². The van der Waals surface area contributed by atoms with Crippen molar-refractivity contribution >= 4 is 40.4 Å². The predicted octanol–water partition coefficient (Wildman–Crippen LogP) is 4.66. The number of amides is 3. The van der Waals surface area contributed by atoms with Crippen LogP contribution >= 0.6 is 11.3 Å². The van der Waals surface area contributed by atoms with Crippen LogP contribution in [0.25, 0.3) is 0 Å². The largest absolute Gasteiger partial charge is 0.368 e. The van der Waals surface area contributed by atoms with Crippen LogP contribution in [0.15, 0.2) is 60.0 Å². The number of anilines is 2. The molecule has 40 heavy (non-hydrogen) atoms. The normalized spacial score (nSPS) is 19.6. The van der Waals surface area contributed by atoms with Crippen molar-refractivity contribution in [2.75, 3.05) is 36.4 Å². The molecule has 5 rings (SSSR count). The Morgan fingerprint density at radius 1 is 0.875 bits per heavy atom. The van der Waals surface area contributed by atoms with Crippen LogP contribution in [-0.2, 0) is 0 Å². The summed E-state index contributed by atoms with van der Waals surface area (Å²) in [6, 6.07) is 17.0. The molecule has 3 aromatic rings. The minimum Gasteiger partial charge on any atom is -0.368 e.